The first-order valence-electron chi connectivity index (χ1n) is 3.76. The minimum Gasteiger partial charge on any atom is -0.317 e. The third-order valence-corrected chi connectivity index (χ3v) is 2.30. The molecule has 9 heavy (non-hydrogen) atoms. The third kappa shape index (κ3) is 2.85. The van der Waals surface area contributed by atoms with Crippen LogP contribution in [0, 0.1) is 11.8 Å². The molecule has 1 unspecified atom stereocenters. The molecule has 1 N–H and O–H groups in total. The van der Waals surface area contributed by atoms with E-state index in [2.05, 4.69) is 33.0 Å². The molecule has 0 spiro atoms. The van der Waals surface area contributed by atoms with Crippen LogP contribution in [0.15, 0.2) is 0 Å². The van der Waals surface area contributed by atoms with Crippen molar-refractivity contribution in [3.05, 3.63) is 0 Å². The van der Waals surface area contributed by atoms with Gasteiger partial charge in [0.1, 0.15) is 0 Å². The zero-order valence-corrected chi connectivity index (χ0v) is 7.23. The zero-order chi connectivity index (χ0) is 7.44. The molecule has 0 radical (unpaired) electrons. The van der Waals surface area contributed by atoms with Crippen LogP contribution in [0.5, 0.6) is 0 Å². The van der Waals surface area contributed by atoms with Crippen LogP contribution < -0.4 is 5.32 Å². The molecule has 0 bridgehead atoms. The fraction of sp³-hybridized carbons (Fsp3) is 1.00. The van der Waals surface area contributed by atoms with Gasteiger partial charge < -0.3 is 5.32 Å². The van der Waals surface area contributed by atoms with Crippen LogP contribution in [-0.2, 0) is 0 Å². The van der Waals surface area contributed by atoms with Gasteiger partial charge in [-0.2, -0.15) is 0 Å². The van der Waals surface area contributed by atoms with Crippen LogP contribution >= 0.6 is 0 Å². The Morgan fingerprint density at radius 3 is 1.56 bits per heavy atom. The summed E-state index contributed by atoms with van der Waals surface area (Å²) in [5.74, 6) is 1.56. The Kier molecular flexibility index (Phi) is 3.87. The second kappa shape index (κ2) is 3.89. The summed E-state index contributed by atoms with van der Waals surface area (Å²) in [6, 6.07) is 0.644. The van der Waals surface area contributed by atoms with E-state index in [1.165, 1.54) is 0 Å². The van der Waals surface area contributed by atoms with Gasteiger partial charge in [0.25, 0.3) is 0 Å². The highest BCUT2D eigenvalue weighted by atomic mass is 14.9. The fourth-order valence-electron chi connectivity index (χ4n) is 0.840. The van der Waals surface area contributed by atoms with Crippen LogP contribution in [0.2, 0.25) is 0 Å². The molecule has 2 atom stereocenters. The van der Waals surface area contributed by atoms with Gasteiger partial charge >= 0.3 is 0 Å². The highest BCUT2D eigenvalue weighted by molar-refractivity contribution is 4.68. The van der Waals surface area contributed by atoms with E-state index < -0.39 is 0 Å². The van der Waals surface area contributed by atoms with E-state index in [9.17, 15) is 0 Å². The van der Waals surface area contributed by atoms with Crippen molar-refractivity contribution in [1.82, 2.24) is 5.32 Å². The van der Waals surface area contributed by atoms with Gasteiger partial charge in [0.15, 0.2) is 0 Å². The van der Waals surface area contributed by atoms with Crippen molar-refractivity contribution in [3.8, 4) is 0 Å². The molecule has 0 aromatic carbocycles. The summed E-state index contributed by atoms with van der Waals surface area (Å²) in [6.07, 6.45) is 0. The molecule has 0 aliphatic rings. The number of hydrogen-bond acceptors (Lipinski definition) is 1. The number of rotatable bonds is 3. The summed E-state index contributed by atoms with van der Waals surface area (Å²) < 4.78 is 0. The van der Waals surface area contributed by atoms with Gasteiger partial charge in [-0.25, -0.2) is 0 Å². The lowest BCUT2D eigenvalue weighted by molar-refractivity contribution is 0.329. The number of nitrogens with one attached hydrogen (secondary N) is 1. The van der Waals surface area contributed by atoms with E-state index in [0.717, 1.165) is 11.8 Å². The molecule has 0 fully saturated rings. The van der Waals surface area contributed by atoms with Crippen molar-refractivity contribution >= 4 is 0 Å². The summed E-state index contributed by atoms with van der Waals surface area (Å²) in [6.45, 7) is 9.04. The maximum atomic E-state index is 3.25. The van der Waals surface area contributed by atoms with Crippen molar-refractivity contribution < 1.29 is 0 Å². The molecule has 0 saturated carbocycles. The summed E-state index contributed by atoms with van der Waals surface area (Å²) in [5, 5.41) is 3.25. The average Bonchev–Trinajstić information content (AvgIpc) is 1.84. The van der Waals surface area contributed by atoms with Gasteiger partial charge in [0, 0.05) is 6.04 Å². The molecule has 0 aromatic rings. The van der Waals surface area contributed by atoms with Gasteiger partial charge in [-0.1, -0.05) is 20.8 Å². The van der Waals surface area contributed by atoms with Crippen LogP contribution in [0.25, 0.3) is 0 Å². The normalized spacial score (nSPS) is 18.0. The smallest absolute Gasteiger partial charge is 0.00638 e. The topological polar surface area (TPSA) is 12.0 Å². The zero-order valence-electron chi connectivity index (χ0n) is 7.23. The molecular weight excluding hydrogens is 110 g/mol. The predicted octanol–water partition coefficient (Wildman–Crippen LogP) is 1.89. The van der Waals surface area contributed by atoms with Gasteiger partial charge in [0.05, 0.1) is 0 Å². The standard InChI is InChI=1S/C8H19N/c1-6(2)7(3)8(4)9-5/h6-9H,1-5H3/t7-,8?/m1/s1. The molecule has 0 aromatic heterocycles. The molecule has 0 aliphatic heterocycles. The first-order valence-corrected chi connectivity index (χ1v) is 3.76. The summed E-state index contributed by atoms with van der Waals surface area (Å²) >= 11 is 0. The van der Waals surface area contributed by atoms with E-state index in [-0.39, 0.29) is 0 Å². The highest BCUT2D eigenvalue weighted by Crippen LogP contribution is 2.12. The first-order chi connectivity index (χ1) is 4.09. The maximum absolute atomic E-state index is 3.25. The lowest BCUT2D eigenvalue weighted by atomic mass is 9.92. The molecule has 0 amide bonds. The quantitative estimate of drug-likeness (QED) is 0.613. The van der Waals surface area contributed by atoms with Gasteiger partial charge in [-0.15, -0.1) is 0 Å². The van der Waals surface area contributed by atoms with Gasteiger partial charge in [0.2, 0.25) is 0 Å². The lowest BCUT2D eigenvalue weighted by Gasteiger charge is -2.22. The fourth-order valence-corrected chi connectivity index (χ4v) is 0.840. The molecule has 1 heteroatoms. The SMILES string of the molecule is CNC(C)[C@H](C)C(C)C. The summed E-state index contributed by atoms with van der Waals surface area (Å²) in [7, 11) is 2.02. The van der Waals surface area contributed by atoms with Crippen molar-refractivity contribution in [3.63, 3.8) is 0 Å². The largest absolute Gasteiger partial charge is 0.317 e. The van der Waals surface area contributed by atoms with E-state index in [0.29, 0.717) is 6.04 Å². The monoisotopic (exact) mass is 129 g/mol. The highest BCUT2D eigenvalue weighted by Gasteiger charge is 2.12. The Morgan fingerprint density at radius 2 is 1.44 bits per heavy atom. The molecule has 56 valence electrons. The molecule has 0 saturated heterocycles. The molecule has 1 nitrogen and oxygen atoms in total. The maximum Gasteiger partial charge on any atom is 0.00638 e. The lowest BCUT2D eigenvalue weighted by Crippen LogP contribution is -2.31. The van der Waals surface area contributed by atoms with Crippen LogP contribution in [0.1, 0.15) is 27.7 Å². The Morgan fingerprint density at radius 1 is 1.00 bits per heavy atom. The van der Waals surface area contributed by atoms with Crippen LogP contribution in [-0.4, -0.2) is 13.1 Å². The molecule has 0 rings (SSSR count). The Hall–Kier alpha value is -0.0400. The Bertz CT molecular complexity index is 69.0. The molecular formula is C8H19N. The second-order valence-corrected chi connectivity index (χ2v) is 3.18. The van der Waals surface area contributed by atoms with Gasteiger partial charge in [-0.05, 0) is 25.8 Å². The van der Waals surface area contributed by atoms with E-state index in [4.69, 9.17) is 0 Å². The minimum atomic E-state index is 0.644. The van der Waals surface area contributed by atoms with Crippen molar-refractivity contribution in [2.75, 3.05) is 7.05 Å². The van der Waals surface area contributed by atoms with Gasteiger partial charge in [-0.3, -0.25) is 0 Å². The van der Waals surface area contributed by atoms with E-state index >= 15 is 0 Å². The van der Waals surface area contributed by atoms with Crippen molar-refractivity contribution in [2.24, 2.45) is 11.8 Å². The van der Waals surface area contributed by atoms with E-state index in [1.807, 2.05) is 7.05 Å². The number of hydrogen-bond donors (Lipinski definition) is 1. The second-order valence-electron chi connectivity index (χ2n) is 3.18. The first kappa shape index (κ1) is 8.96. The third-order valence-electron chi connectivity index (χ3n) is 2.30. The Balaban J connectivity index is 3.58. The molecule has 0 heterocycles. The minimum absolute atomic E-state index is 0.644. The summed E-state index contributed by atoms with van der Waals surface area (Å²) in [5.41, 5.74) is 0. The Labute approximate surface area is 58.8 Å². The predicted molar refractivity (Wildman–Crippen MR) is 42.5 cm³/mol. The van der Waals surface area contributed by atoms with Crippen LogP contribution in [0.4, 0.5) is 0 Å². The van der Waals surface area contributed by atoms with Crippen molar-refractivity contribution in [2.45, 2.75) is 33.7 Å². The van der Waals surface area contributed by atoms with Crippen LogP contribution in [0.3, 0.4) is 0 Å². The van der Waals surface area contributed by atoms with Crippen molar-refractivity contribution in [1.29, 1.82) is 0 Å². The van der Waals surface area contributed by atoms with E-state index in [1.54, 1.807) is 0 Å². The molecule has 0 aliphatic carbocycles. The average molecular weight is 129 g/mol. The summed E-state index contributed by atoms with van der Waals surface area (Å²) in [4.78, 5) is 0.